The number of hydrogen-bond donors (Lipinski definition) is 1. The van der Waals surface area contributed by atoms with Crippen molar-refractivity contribution in [1.29, 1.82) is 0 Å². The summed E-state index contributed by atoms with van der Waals surface area (Å²) < 4.78 is 5.64. The minimum Gasteiger partial charge on any atom is -0.374 e. The quantitative estimate of drug-likeness (QED) is 0.873. The van der Waals surface area contributed by atoms with Crippen LogP contribution in [-0.4, -0.2) is 56.0 Å². The van der Waals surface area contributed by atoms with Crippen LogP contribution in [0.2, 0.25) is 0 Å². The number of ether oxygens (including phenoxy) is 1. The van der Waals surface area contributed by atoms with Crippen LogP contribution in [0, 0.1) is 0 Å². The Morgan fingerprint density at radius 2 is 2.19 bits per heavy atom. The lowest BCUT2D eigenvalue weighted by atomic mass is 10.1. The smallest absolute Gasteiger partial charge is 0.251 e. The van der Waals surface area contributed by atoms with Gasteiger partial charge in [-0.25, -0.2) is 0 Å². The molecular weight excluding hydrogens is 284 g/mol. The van der Waals surface area contributed by atoms with Crippen molar-refractivity contribution >= 4 is 17.7 Å². The van der Waals surface area contributed by atoms with E-state index in [1.165, 1.54) is 5.56 Å². The second-order valence-electron chi connectivity index (χ2n) is 5.30. The molecule has 0 bridgehead atoms. The van der Waals surface area contributed by atoms with Crippen LogP contribution >= 0.6 is 11.8 Å². The standard InChI is InChI=1S/C16H24N2O2S/c1-3-21-12-13-4-6-14(7-5-13)16(19)17-10-15-11-18(2)8-9-20-15/h4-7,15H,3,8-12H2,1-2H3,(H,17,19)/t15-/m0/s1. The summed E-state index contributed by atoms with van der Waals surface area (Å²) in [7, 11) is 2.07. The molecule has 116 valence electrons. The number of likely N-dealkylation sites (N-methyl/N-ethyl adjacent to an activating group) is 1. The van der Waals surface area contributed by atoms with E-state index in [4.69, 9.17) is 4.74 Å². The van der Waals surface area contributed by atoms with E-state index < -0.39 is 0 Å². The van der Waals surface area contributed by atoms with Gasteiger partial charge in [0.25, 0.3) is 5.91 Å². The predicted octanol–water partition coefficient (Wildman–Crippen LogP) is 2.00. The zero-order valence-corrected chi connectivity index (χ0v) is 13.6. The van der Waals surface area contributed by atoms with Gasteiger partial charge in [-0.3, -0.25) is 4.79 Å². The average molecular weight is 308 g/mol. The number of amides is 1. The second-order valence-corrected chi connectivity index (χ2v) is 6.57. The first-order valence-corrected chi connectivity index (χ1v) is 8.59. The van der Waals surface area contributed by atoms with Crippen LogP contribution in [0.15, 0.2) is 24.3 Å². The summed E-state index contributed by atoms with van der Waals surface area (Å²) in [6, 6.07) is 7.86. The van der Waals surface area contributed by atoms with Crippen LogP contribution in [0.5, 0.6) is 0 Å². The maximum Gasteiger partial charge on any atom is 0.251 e. The number of nitrogens with zero attached hydrogens (tertiary/aromatic N) is 1. The zero-order chi connectivity index (χ0) is 15.1. The Morgan fingerprint density at radius 3 is 2.86 bits per heavy atom. The van der Waals surface area contributed by atoms with Crippen molar-refractivity contribution in [2.24, 2.45) is 0 Å². The summed E-state index contributed by atoms with van der Waals surface area (Å²) >= 11 is 1.88. The fourth-order valence-electron chi connectivity index (χ4n) is 2.27. The number of thioether (sulfide) groups is 1. The van der Waals surface area contributed by atoms with Crippen molar-refractivity contribution in [3.8, 4) is 0 Å². The van der Waals surface area contributed by atoms with Crippen molar-refractivity contribution in [1.82, 2.24) is 10.2 Å². The Hall–Kier alpha value is -1.04. The van der Waals surface area contributed by atoms with Gasteiger partial charge >= 0.3 is 0 Å². The highest BCUT2D eigenvalue weighted by molar-refractivity contribution is 7.98. The zero-order valence-electron chi connectivity index (χ0n) is 12.8. The van der Waals surface area contributed by atoms with Crippen molar-refractivity contribution in [2.75, 3.05) is 39.0 Å². The van der Waals surface area contributed by atoms with E-state index in [0.717, 1.165) is 31.2 Å². The summed E-state index contributed by atoms with van der Waals surface area (Å²) in [6.45, 7) is 5.28. The first kappa shape index (κ1) is 16.3. The lowest BCUT2D eigenvalue weighted by Crippen LogP contribution is -2.45. The minimum atomic E-state index is -0.0264. The monoisotopic (exact) mass is 308 g/mol. The number of carbonyl (C=O) groups excluding carboxylic acids is 1. The molecule has 1 saturated heterocycles. The third-order valence-corrected chi connectivity index (χ3v) is 4.47. The molecule has 1 heterocycles. The topological polar surface area (TPSA) is 41.6 Å². The lowest BCUT2D eigenvalue weighted by molar-refractivity contribution is -0.0175. The molecule has 0 saturated carbocycles. The van der Waals surface area contributed by atoms with Gasteiger partial charge in [-0.05, 0) is 30.5 Å². The van der Waals surface area contributed by atoms with Gasteiger partial charge in [0.15, 0.2) is 0 Å². The Balaban J connectivity index is 1.79. The number of morpholine rings is 1. The fourth-order valence-corrected chi connectivity index (χ4v) is 2.90. The van der Waals surface area contributed by atoms with Crippen LogP contribution in [0.25, 0.3) is 0 Å². The predicted molar refractivity (Wildman–Crippen MR) is 87.8 cm³/mol. The molecule has 0 radical (unpaired) electrons. The highest BCUT2D eigenvalue weighted by atomic mass is 32.2. The first-order chi connectivity index (χ1) is 10.2. The lowest BCUT2D eigenvalue weighted by Gasteiger charge is -2.30. The molecule has 1 fully saturated rings. The van der Waals surface area contributed by atoms with Crippen molar-refractivity contribution in [2.45, 2.75) is 18.8 Å². The summed E-state index contributed by atoms with van der Waals surface area (Å²) in [4.78, 5) is 14.3. The van der Waals surface area contributed by atoms with Crippen LogP contribution in [0.3, 0.4) is 0 Å². The van der Waals surface area contributed by atoms with Crippen LogP contribution in [-0.2, 0) is 10.5 Å². The number of benzene rings is 1. The van der Waals surface area contributed by atoms with Crippen LogP contribution < -0.4 is 5.32 Å². The molecule has 5 heteroatoms. The van der Waals surface area contributed by atoms with Crippen molar-refractivity contribution in [3.63, 3.8) is 0 Å². The van der Waals surface area contributed by atoms with Crippen LogP contribution in [0.4, 0.5) is 0 Å². The number of rotatable bonds is 6. The molecular formula is C16H24N2O2S. The largest absolute Gasteiger partial charge is 0.374 e. The number of carbonyl (C=O) groups is 1. The molecule has 1 amide bonds. The fraction of sp³-hybridized carbons (Fsp3) is 0.562. The van der Waals surface area contributed by atoms with Crippen molar-refractivity contribution < 1.29 is 9.53 Å². The van der Waals surface area contributed by atoms with Gasteiger partial charge in [-0.2, -0.15) is 11.8 Å². The van der Waals surface area contributed by atoms with Gasteiger partial charge < -0.3 is 15.0 Å². The minimum absolute atomic E-state index is 0.0264. The number of nitrogens with one attached hydrogen (secondary N) is 1. The SMILES string of the molecule is CCSCc1ccc(C(=O)NC[C@H]2CN(C)CCO2)cc1. The molecule has 1 atom stereocenters. The molecule has 21 heavy (non-hydrogen) atoms. The van der Waals surface area contributed by atoms with Gasteiger partial charge in [0, 0.05) is 31.0 Å². The molecule has 1 aliphatic heterocycles. The molecule has 4 nitrogen and oxygen atoms in total. The molecule has 0 unspecified atom stereocenters. The average Bonchev–Trinajstić information content (AvgIpc) is 2.51. The van der Waals surface area contributed by atoms with E-state index in [1.54, 1.807) is 0 Å². The maximum absolute atomic E-state index is 12.1. The summed E-state index contributed by atoms with van der Waals surface area (Å²) in [6.07, 6.45) is 0.0907. The Labute approximate surface area is 131 Å². The summed E-state index contributed by atoms with van der Waals surface area (Å²) in [5.41, 5.74) is 1.97. The molecule has 0 aliphatic carbocycles. The molecule has 1 aliphatic rings. The van der Waals surface area contributed by atoms with E-state index in [1.807, 2.05) is 36.0 Å². The van der Waals surface area contributed by atoms with Gasteiger partial charge in [0.2, 0.25) is 0 Å². The highest BCUT2D eigenvalue weighted by Gasteiger charge is 2.18. The van der Waals surface area contributed by atoms with Gasteiger partial charge in [-0.1, -0.05) is 19.1 Å². The van der Waals surface area contributed by atoms with Crippen LogP contribution in [0.1, 0.15) is 22.8 Å². The third kappa shape index (κ3) is 5.34. The van der Waals surface area contributed by atoms with Gasteiger partial charge in [0.05, 0.1) is 12.7 Å². The Bertz CT molecular complexity index is 450. The summed E-state index contributed by atoms with van der Waals surface area (Å²) in [5, 5.41) is 2.96. The van der Waals surface area contributed by atoms with Gasteiger partial charge in [0.1, 0.15) is 0 Å². The molecule has 2 rings (SSSR count). The van der Waals surface area contributed by atoms with E-state index in [9.17, 15) is 4.79 Å². The third-order valence-electron chi connectivity index (χ3n) is 3.52. The molecule has 0 spiro atoms. The van der Waals surface area contributed by atoms with E-state index >= 15 is 0 Å². The molecule has 1 N–H and O–H groups in total. The Morgan fingerprint density at radius 1 is 1.43 bits per heavy atom. The molecule has 1 aromatic rings. The van der Waals surface area contributed by atoms with Gasteiger partial charge in [-0.15, -0.1) is 0 Å². The Kier molecular flexibility index (Phi) is 6.54. The van der Waals surface area contributed by atoms with Crippen molar-refractivity contribution in [3.05, 3.63) is 35.4 Å². The van der Waals surface area contributed by atoms with E-state index in [-0.39, 0.29) is 12.0 Å². The first-order valence-electron chi connectivity index (χ1n) is 7.44. The second kappa shape index (κ2) is 8.41. The molecule has 1 aromatic carbocycles. The summed E-state index contributed by atoms with van der Waals surface area (Å²) in [5.74, 6) is 2.08. The van der Waals surface area contributed by atoms with E-state index in [0.29, 0.717) is 12.1 Å². The highest BCUT2D eigenvalue weighted by Crippen LogP contribution is 2.12. The molecule has 0 aromatic heterocycles. The van der Waals surface area contributed by atoms with E-state index in [2.05, 4.69) is 24.2 Å². The normalized spacial score (nSPS) is 19.4. The maximum atomic E-state index is 12.1. The number of hydrogen-bond acceptors (Lipinski definition) is 4.